The molecule has 0 aliphatic carbocycles. The predicted molar refractivity (Wildman–Crippen MR) is 51.2 cm³/mol. The maximum Gasteiger partial charge on any atom is 0.0596 e. The molecule has 1 aromatic rings. The zero-order valence-corrected chi connectivity index (χ0v) is 6.83. The molecule has 66 valence electrons. The molecule has 0 radical (unpaired) electrons. The molecule has 8 N–H and O–H groups in total. The highest BCUT2D eigenvalue weighted by molar-refractivity contribution is 5.67. The van der Waals surface area contributed by atoms with E-state index in [1.165, 1.54) is 0 Å². The summed E-state index contributed by atoms with van der Waals surface area (Å²) >= 11 is 0. The number of para-hydroxylation sites is 1. The number of nitrogens with two attached hydrogens (primary N) is 4. The van der Waals surface area contributed by atoms with Gasteiger partial charge in [0.2, 0.25) is 0 Å². The molecule has 1 rings (SSSR count). The number of nitrogen functional groups attached to an aromatic ring is 2. The molecule has 4 nitrogen and oxygen atoms in total. The van der Waals surface area contributed by atoms with E-state index in [9.17, 15) is 0 Å². The number of anilines is 2. The molecule has 0 bridgehead atoms. The maximum absolute atomic E-state index is 5.70. The zero-order chi connectivity index (χ0) is 9.14. The highest BCUT2D eigenvalue weighted by Gasteiger charge is 2.08. The molecule has 1 atom stereocenters. The second-order valence-electron chi connectivity index (χ2n) is 2.69. The first-order chi connectivity index (χ1) is 5.66. The average Bonchev–Trinajstić information content (AvgIpc) is 2.08. The van der Waals surface area contributed by atoms with Crippen molar-refractivity contribution >= 4 is 11.4 Å². The van der Waals surface area contributed by atoms with Gasteiger partial charge in [-0.25, -0.2) is 0 Å². The van der Waals surface area contributed by atoms with E-state index in [4.69, 9.17) is 22.9 Å². The molecule has 0 saturated heterocycles. The summed E-state index contributed by atoms with van der Waals surface area (Å²) in [5.41, 5.74) is 24.3. The Labute approximate surface area is 71.5 Å². The van der Waals surface area contributed by atoms with Crippen LogP contribution in [0.1, 0.15) is 11.6 Å². The summed E-state index contributed by atoms with van der Waals surface area (Å²) in [7, 11) is 0. The number of rotatable bonds is 2. The molecular weight excluding hydrogens is 152 g/mol. The minimum atomic E-state index is -0.228. The van der Waals surface area contributed by atoms with Gasteiger partial charge in [0, 0.05) is 12.6 Å². The summed E-state index contributed by atoms with van der Waals surface area (Å²) in [4.78, 5) is 0. The Kier molecular flexibility index (Phi) is 2.52. The average molecular weight is 166 g/mol. The Bertz CT molecular complexity index is 272. The van der Waals surface area contributed by atoms with Gasteiger partial charge in [0.1, 0.15) is 0 Å². The van der Waals surface area contributed by atoms with Gasteiger partial charge in [-0.15, -0.1) is 0 Å². The van der Waals surface area contributed by atoms with Gasteiger partial charge in [0.25, 0.3) is 0 Å². The molecule has 0 amide bonds. The SMILES string of the molecule is NCC(N)c1cccc(N)c1N. The van der Waals surface area contributed by atoms with Gasteiger partial charge in [0.05, 0.1) is 11.4 Å². The van der Waals surface area contributed by atoms with Crippen molar-refractivity contribution in [2.75, 3.05) is 18.0 Å². The van der Waals surface area contributed by atoms with E-state index >= 15 is 0 Å². The second-order valence-corrected chi connectivity index (χ2v) is 2.69. The highest BCUT2D eigenvalue weighted by Crippen LogP contribution is 2.23. The van der Waals surface area contributed by atoms with Crippen LogP contribution in [0.15, 0.2) is 18.2 Å². The van der Waals surface area contributed by atoms with Crippen LogP contribution in [0.25, 0.3) is 0 Å². The van der Waals surface area contributed by atoms with Crippen molar-refractivity contribution in [3.05, 3.63) is 23.8 Å². The molecule has 1 unspecified atom stereocenters. The van der Waals surface area contributed by atoms with E-state index in [0.29, 0.717) is 17.9 Å². The fraction of sp³-hybridized carbons (Fsp3) is 0.250. The van der Waals surface area contributed by atoms with Gasteiger partial charge in [-0.1, -0.05) is 12.1 Å². The molecule has 0 saturated carbocycles. The molecule has 0 heterocycles. The van der Waals surface area contributed by atoms with Crippen molar-refractivity contribution in [3.63, 3.8) is 0 Å². The Balaban J connectivity index is 3.07. The lowest BCUT2D eigenvalue weighted by Gasteiger charge is -2.13. The first-order valence-electron chi connectivity index (χ1n) is 3.76. The van der Waals surface area contributed by atoms with Crippen molar-refractivity contribution in [3.8, 4) is 0 Å². The van der Waals surface area contributed by atoms with E-state index < -0.39 is 0 Å². The van der Waals surface area contributed by atoms with Gasteiger partial charge < -0.3 is 22.9 Å². The summed E-state index contributed by atoms with van der Waals surface area (Å²) in [6, 6.07) is 5.16. The monoisotopic (exact) mass is 166 g/mol. The summed E-state index contributed by atoms with van der Waals surface area (Å²) in [5, 5.41) is 0. The van der Waals surface area contributed by atoms with E-state index in [-0.39, 0.29) is 6.04 Å². The maximum atomic E-state index is 5.70. The Morgan fingerprint density at radius 2 is 1.92 bits per heavy atom. The van der Waals surface area contributed by atoms with Crippen LogP contribution in [0.5, 0.6) is 0 Å². The van der Waals surface area contributed by atoms with Crippen LogP contribution >= 0.6 is 0 Å². The van der Waals surface area contributed by atoms with Gasteiger partial charge in [-0.3, -0.25) is 0 Å². The van der Waals surface area contributed by atoms with Crippen LogP contribution in [0.2, 0.25) is 0 Å². The predicted octanol–water partition coefficient (Wildman–Crippen LogP) is -0.191. The van der Waals surface area contributed by atoms with Crippen molar-refractivity contribution in [2.45, 2.75) is 6.04 Å². The highest BCUT2D eigenvalue weighted by atomic mass is 14.7. The van der Waals surface area contributed by atoms with Gasteiger partial charge in [0.15, 0.2) is 0 Å². The molecule has 1 aromatic carbocycles. The van der Waals surface area contributed by atoms with E-state index in [1.807, 2.05) is 12.1 Å². The van der Waals surface area contributed by atoms with Gasteiger partial charge in [-0.05, 0) is 11.6 Å². The molecule has 0 spiro atoms. The smallest absolute Gasteiger partial charge is 0.0596 e. The van der Waals surface area contributed by atoms with Crippen molar-refractivity contribution in [1.82, 2.24) is 0 Å². The molecule has 0 aliphatic heterocycles. The Hall–Kier alpha value is -1.26. The first kappa shape index (κ1) is 8.83. The summed E-state index contributed by atoms with van der Waals surface area (Å²) < 4.78 is 0. The van der Waals surface area contributed by atoms with E-state index in [2.05, 4.69) is 0 Å². The minimum Gasteiger partial charge on any atom is -0.397 e. The third kappa shape index (κ3) is 1.49. The fourth-order valence-corrected chi connectivity index (χ4v) is 1.05. The lowest BCUT2D eigenvalue weighted by molar-refractivity contribution is 0.740. The van der Waals surface area contributed by atoms with Crippen LogP contribution in [-0.2, 0) is 0 Å². The Morgan fingerprint density at radius 1 is 1.25 bits per heavy atom. The second kappa shape index (κ2) is 3.42. The largest absolute Gasteiger partial charge is 0.397 e. The van der Waals surface area contributed by atoms with Gasteiger partial charge >= 0.3 is 0 Å². The lowest BCUT2D eigenvalue weighted by Crippen LogP contribution is -2.22. The Morgan fingerprint density at radius 3 is 2.50 bits per heavy atom. The quantitative estimate of drug-likeness (QED) is 0.457. The topological polar surface area (TPSA) is 104 Å². The minimum absolute atomic E-state index is 0.228. The number of hydrogen-bond donors (Lipinski definition) is 4. The lowest BCUT2D eigenvalue weighted by atomic mass is 10.0. The van der Waals surface area contributed by atoms with Crippen molar-refractivity contribution < 1.29 is 0 Å². The number of hydrogen-bond acceptors (Lipinski definition) is 4. The van der Waals surface area contributed by atoms with Crippen LogP contribution in [0.4, 0.5) is 11.4 Å². The molecule has 0 fully saturated rings. The summed E-state index contributed by atoms with van der Waals surface area (Å²) in [6.07, 6.45) is 0. The van der Waals surface area contributed by atoms with Crippen molar-refractivity contribution in [2.24, 2.45) is 11.5 Å². The van der Waals surface area contributed by atoms with Crippen LogP contribution in [0.3, 0.4) is 0 Å². The van der Waals surface area contributed by atoms with Crippen LogP contribution < -0.4 is 22.9 Å². The van der Waals surface area contributed by atoms with Gasteiger partial charge in [-0.2, -0.15) is 0 Å². The standard InChI is InChI=1S/C8H14N4/c9-4-7(11)5-2-1-3-6(10)8(5)12/h1-3,7H,4,9-12H2. The summed E-state index contributed by atoms with van der Waals surface area (Å²) in [6.45, 7) is 0.369. The third-order valence-electron chi connectivity index (χ3n) is 1.83. The normalized spacial score (nSPS) is 12.8. The third-order valence-corrected chi connectivity index (χ3v) is 1.83. The molecular formula is C8H14N4. The van der Waals surface area contributed by atoms with Crippen LogP contribution in [-0.4, -0.2) is 6.54 Å². The molecule has 12 heavy (non-hydrogen) atoms. The molecule has 0 aliphatic rings. The molecule has 0 aromatic heterocycles. The number of benzene rings is 1. The summed E-state index contributed by atoms with van der Waals surface area (Å²) in [5.74, 6) is 0. The van der Waals surface area contributed by atoms with E-state index in [1.54, 1.807) is 6.07 Å². The zero-order valence-electron chi connectivity index (χ0n) is 6.83. The first-order valence-corrected chi connectivity index (χ1v) is 3.76. The fourth-order valence-electron chi connectivity index (χ4n) is 1.05. The molecule has 4 heteroatoms. The van der Waals surface area contributed by atoms with Crippen molar-refractivity contribution in [1.29, 1.82) is 0 Å². The van der Waals surface area contributed by atoms with Crippen LogP contribution in [0, 0.1) is 0 Å². The van der Waals surface area contributed by atoms with E-state index in [0.717, 1.165) is 5.56 Å².